The maximum absolute atomic E-state index is 11.8. The van der Waals surface area contributed by atoms with Crippen molar-refractivity contribution >= 4 is 33.4 Å². The van der Waals surface area contributed by atoms with E-state index in [2.05, 4.69) is 0 Å². The second kappa shape index (κ2) is 6.01. The Labute approximate surface area is 150 Å². The molecular formula is C22H16N2O2. The van der Waals surface area contributed by atoms with E-state index in [1.165, 1.54) is 0 Å². The third-order valence-corrected chi connectivity index (χ3v) is 4.67. The lowest BCUT2D eigenvalue weighted by Crippen LogP contribution is -2.11. The van der Waals surface area contributed by atoms with Crippen molar-refractivity contribution in [2.24, 2.45) is 11.5 Å². The first-order chi connectivity index (χ1) is 12.6. The van der Waals surface area contributed by atoms with Crippen LogP contribution in [0.2, 0.25) is 0 Å². The van der Waals surface area contributed by atoms with Crippen molar-refractivity contribution in [2.75, 3.05) is 0 Å². The highest BCUT2D eigenvalue weighted by molar-refractivity contribution is 6.14. The average molecular weight is 340 g/mol. The van der Waals surface area contributed by atoms with Gasteiger partial charge in [-0.25, -0.2) is 0 Å². The number of nitrogens with two attached hydrogens (primary N) is 2. The Morgan fingerprint density at radius 1 is 0.500 bits per heavy atom. The van der Waals surface area contributed by atoms with Crippen molar-refractivity contribution in [1.29, 1.82) is 0 Å². The second-order valence-electron chi connectivity index (χ2n) is 6.14. The summed E-state index contributed by atoms with van der Waals surface area (Å²) in [4.78, 5) is 23.5. The summed E-state index contributed by atoms with van der Waals surface area (Å²) in [5, 5.41) is 3.47. The Hall–Kier alpha value is -3.66. The van der Waals surface area contributed by atoms with Crippen LogP contribution in [0.1, 0.15) is 20.7 Å². The standard InChI is InChI=1S/C22H16N2O2/c23-21(25)19-11-3-7-15-13(5-1-9-17(15)19)14-6-2-10-18-16(14)8-4-12-20(18)22(24)26/h1-12H,(H2,23,25)(H2,24,26). The fraction of sp³-hybridized carbons (Fsp3) is 0. The van der Waals surface area contributed by atoms with E-state index < -0.39 is 11.8 Å². The van der Waals surface area contributed by atoms with Gasteiger partial charge in [-0.2, -0.15) is 0 Å². The molecular weight excluding hydrogens is 324 g/mol. The molecule has 0 heterocycles. The topological polar surface area (TPSA) is 86.2 Å². The molecule has 2 amide bonds. The molecule has 26 heavy (non-hydrogen) atoms. The molecule has 4 aromatic carbocycles. The number of benzene rings is 4. The Morgan fingerprint density at radius 2 is 0.846 bits per heavy atom. The number of primary amides is 2. The van der Waals surface area contributed by atoms with Crippen LogP contribution in [0.15, 0.2) is 72.8 Å². The van der Waals surface area contributed by atoms with E-state index in [4.69, 9.17) is 11.5 Å². The third kappa shape index (κ3) is 2.40. The van der Waals surface area contributed by atoms with E-state index in [9.17, 15) is 9.59 Å². The summed E-state index contributed by atoms with van der Waals surface area (Å²) in [6, 6.07) is 22.6. The van der Waals surface area contributed by atoms with Crippen molar-refractivity contribution in [1.82, 2.24) is 0 Å². The molecule has 0 fully saturated rings. The molecule has 0 aliphatic rings. The fourth-order valence-corrected chi connectivity index (χ4v) is 3.52. The van der Waals surface area contributed by atoms with Crippen molar-refractivity contribution in [3.63, 3.8) is 0 Å². The average Bonchev–Trinajstić information content (AvgIpc) is 2.65. The molecule has 0 unspecified atom stereocenters. The van der Waals surface area contributed by atoms with E-state index >= 15 is 0 Å². The molecule has 126 valence electrons. The molecule has 0 saturated heterocycles. The zero-order valence-electron chi connectivity index (χ0n) is 13.9. The Morgan fingerprint density at radius 3 is 1.23 bits per heavy atom. The maximum Gasteiger partial charge on any atom is 0.249 e. The molecule has 0 atom stereocenters. The minimum absolute atomic E-state index is 0.457. The number of hydrogen-bond acceptors (Lipinski definition) is 2. The van der Waals surface area contributed by atoms with Gasteiger partial charge in [0.1, 0.15) is 0 Å². The van der Waals surface area contributed by atoms with E-state index in [-0.39, 0.29) is 0 Å². The van der Waals surface area contributed by atoms with Gasteiger partial charge < -0.3 is 11.5 Å². The molecule has 0 spiro atoms. The monoisotopic (exact) mass is 340 g/mol. The van der Waals surface area contributed by atoms with Gasteiger partial charge >= 0.3 is 0 Å². The highest BCUT2D eigenvalue weighted by atomic mass is 16.1. The second-order valence-corrected chi connectivity index (χ2v) is 6.14. The molecule has 4 heteroatoms. The number of carbonyl (C=O) groups excluding carboxylic acids is 2. The summed E-state index contributed by atoms with van der Waals surface area (Å²) in [6.45, 7) is 0. The Kier molecular flexibility index (Phi) is 3.66. The number of fused-ring (bicyclic) bond motifs is 2. The molecule has 0 bridgehead atoms. The maximum atomic E-state index is 11.8. The summed E-state index contributed by atoms with van der Waals surface area (Å²) in [5.74, 6) is -0.914. The zero-order valence-corrected chi connectivity index (χ0v) is 13.9. The SMILES string of the molecule is NC(=O)c1cccc2c(-c3cccc4c(C(N)=O)cccc34)cccc12. The number of rotatable bonds is 3. The molecule has 0 aromatic heterocycles. The molecule has 0 aliphatic heterocycles. The van der Waals surface area contributed by atoms with Crippen molar-refractivity contribution < 1.29 is 9.59 Å². The molecule has 4 nitrogen and oxygen atoms in total. The van der Waals surface area contributed by atoms with Gasteiger partial charge in [0.25, 0.3) is 0 Å². The van der Waals surface area contributed by atoms with Crippen LogP contribution >= 0.6 is 0 Å². The van der Waals surface area contributed by atoms with Gasteiger partial charge in [0.15, 0.2) is 0 Å². The number of amides is 2. The fourth-order valence-electron chi connectivity index (χ4n) is 3.52. The van der Waals surface area contributed by atoms with Crippen molar-refractivity contribution in [3.05, 3.63) is 83.9 Å². The predicted octanol–water partition coefficient (Wildman–Crippen LogP) is 3.86. The first-order valence-corrected chi connectivity index (χ1v) is 8.21. The van der Waals surface area contributed by atoms with Crippen LogP contribution in [0.3, 0.4) is 0 Å². The van der Waals surface area contributed by atoms with Crippen molar-refractivity contribution in [3.8, 4) is 11.1 Å². The normalized spacial score (nSPS) is 10.9. The molecule has 0 radical (unpaired) electrons. The van der Waals surface area contributed by atoms with Crippen LogP contribution in [0.25, 0.3) is 32.7 Å². The summed E-state index contributed by atoms with van der Waals surface area (Å²) in [7, 11) is 0. The summed E-state index contributed by atoms with van der Waals surface area (Å²) in [5.41, 5.74) is 14.0. The lowest BCUT2D eigenvalue weighted by atomic mass is 9.91. The minimum atomic E-state index is -0.457. The van der Waals surface area contributed by atoms with Crippen LogP contribution in [-0.2, 0) is 0 Å². The van der Waals surface area contributed by atoms with Crippen LogP contribution in [-0.4, -0.2) is 11.8 Å². The summed E-state index contributed by atoms with van der Waals surface area (Å²) >= 11 is 0. The van der Waals surface area contributed by atoms with Crippen LogP contribution in [0.4, 0.5) is 0 Å². The van der Waals surface area contributed by atoms with Crippen LogP contribution < -0.4 is 11.5 Å². The molecule has 0 aliphatic carbocycles. The summed E-state index contributed by atoms with van der Waals surface area (Å²) < 4.78 is 0. The minimum Gasteiger partial charge on any atom is -0.366 e. The van der Waals surface area contributed by atoms with Gasteiger partial charge in [-0.3, -0.25) is 9.59 Å². The first-order valence-electron chi connectivity index (χ1n) is 8.21. The van der Waals surface area contributed by atoms with E-state index in [1.807, 2.05) is 60.7 Å². The van der Waals surface area contributed by atoms with E-state index in [1.54, 1.807) is 12.1 Å². The quantitative estimate of drug-likeness (QED) is 0.593. The van der Waals surface area contributed by atoms with E-state index in [0.29, 0.717) is 11.1 Å². The lowest BCUT2D eigenvalue weighted by Gasteiger charge is -2.13. The Balaban J connectivity index is 2.09. The Bertz CT molecular complexity index is 1100. The van der Waals surface area contributed by atoms with E-state index in [0.717, 1.165) is 32.7 Å². The van der Waals surface area contributed by atoms with Gasteiger partial charge in [-0.05, 0) is 44.8 Å². The highest BCUT2D eigenvalue weighted by Gasteiger charge is 2.13. The molecule has 4 rings (SSSR count). The predicted molar refractivity (Wildman–Crippen MR) is 104 cm³/mol. The van der Waals surface area contributed by atoms with Gasteiger partial charge in [0, 0.05) is 11.1 Å². The van der Waals surface area contributed by atoms with Gasteiger partial charge in [-0.15, -0.1) is 0 Å². The lowest BCUT2D eigenvalue weighted by molar-refractivity contribution is 0.0993. The third-order valence-electron chi connectivity index (χ3n) is 4.67. The smallest absolute Gasteiger partial charge is 0.249 e. The number of carbonyl (C=O) groups is 2. The first kappa shape index (κ1) is 15.8. The van der Waals surface area contributed by atoms with Gasteiger partial charge in [0.05, 0.1) is 0 Å². The zero-order chi connectivity index (χ0) is 18.3. The van der Waals surface area contributed by atoms with Gasteiger partial charge in [-0.1, -0.05) is 60.7 Å². The highest BCUT2D eigenvalue weighted by Crippen LogP contribution is 2.35. The van der Waals surface area contributed by atoms with Crippen LogP contribution in [0, 0.1) is 0 Å². The van der Waals surface area contributed by atoms with Crippen molar-refractivity contribution in [2.45, 2.75) is 0 Å². The summed E-state index contributed by atoms with van der Waals surface area (Å²) in [6.07, 6.45) is 0. The molecule has 4 aromatic rings. The van der Waals surface area contributed by atoms with Gasteiger partial charge in [0.2, 0.25) is 11.8 Å². The molecule has 0 saturated carbocycles. The largest absolute Gasteiger partial charge is 0.366 e. The van der Waals surface area contributed by atoms with Crippen LogP contribution in [0.5, 0.6) is 0 Å². The number of hydrogen-bond donors (Lipinski definition) is 2. The molecule has 4 N–H and O–H groups in total.